The van der Waals surface area contributed by atoms with Gasteiger partial charge < -0.3 is 19.6 Å². The molecular weight excluding hydrogens is 411 g/mol. The fraction of sp³-hybridized carbons (Fsp3) is 0.280. The molecule has 0 bridgehead atoms. The van der Waals surface area contributed by atoms with Gasteiger partial charge in [0.25, 0.3) is 11.7 Å². The van der Waals surface area contributed by atoms with Gasteiger partial charge in [-0.25, -0.2) is 4.39 Å². The van der Waals surface area contributed by atoms with Crippen molar-refractivity contribution < 1.29 is 23.8 Å². The third-order valence-electron chi connectivity index (χ3n) is 5.23. The van der Waals surface area contributed by atoms with Gasteiger partial charge in [-0.3, -0.25) is 9.59 Å². The number of carbonyl (C=O) groups excluding carboxylic acids is 2. The molecule has 1 N–H and O–H groups in total. The van der Waals surface area contributed by atoms with Crippen LogP contribution in [0.5, 0.6) is 5.75 Å². The molecule has 2 aromatic rings. The maximum atomic E-state index is 13.4. The number of hydrogen-bond donors (Lipinski definition) is 1. The van der Waals surface area contributed by atoms with Gasteiger partial charge in [0.05, 0.1) is 11.6 Å². The number of carbonyl (C=O) groups is 2. The molecule has 3 rings (SSSR count). The molecule has 1 aliphatic rings. The Kier molecular flexibility index (Phi) is 7.43. The molecule has 0 unspecified atom stereocenters. The molecule has 7 heteroatoms. The third-order valence-corrected chi connectivity index (χ3v) is 5.23. The van der Waals surface area contributed by atoms with Gasteiger partial charge in [-0.05, 0) is 69.0 Å². The van der Waals surface area contributed by atoms with Crippen LogP contribution in [0.15, 0.2) is 66.8 Å². The standard InChI is InChI=1S/C25H27FN2O4/c1-4-16-32-20-12-8-17(9-13-20)22-21(23(29)18-6-10-19(26)11-7-18)24(30)25(31)28(22)15-5-14-27(2)3/h4,6-13,22,29H,1,5,14-16H2,2-3H3/b23-21+/t22-/m0/s1. The van der Waals surface area contributed by atoms with Gasteiger partial charge in [0.15, 0.2) is 0 Å². The monoisotopic (exact) mass is 438 g/mol. The number of ether oxygens (including phenoxy) is 1. The van der Waals surface area contributed by atoms with E-state index in [9.17, 15) is 19.1 Å². The first-order valence-corrected chi connectivity index (χ1v) is 10.4. The first kappa shape index (κ1) is 23.2. The minimum atomic E-state index is -0.756. The molecule has 0 saturated carbocycles. The van der Waals surface area contributed by atoms with Crippen LogP contribution in [0.1, 0.15) is 23.6 Å². The van der Waals surface area contributed by atoms with Crippen molar-refractivity contribution in [3.63, 3.8) is 0 Å². The van der Waals surface area contributed by atoms with Crippen molar-refractivity contribution in [3.8, 4) is 5.75 Å². The van der Waals surface area contributed by atoms with Gasteiger partial charge in [0, 0.05) is 12.1 Å². The molecule has 1 fully saturated rings. The van der Waals surface area contributed by atoms with Crippen LogP contribution in [-0.2, 0) is 9.59 Å². The van der Waals surface area contributed by atoms with Crippen molar-refractivity contribution >= 4 is 17.4 Å². The molecule has 1 amide bonds. The van der Waals surface area contributed by atoms with Crippen LogP contribution in [0.25, 0.3) is 5.76 Å². The number of rotatable bonds is 9. The van der Waals surface area contributed by atoms with Gasteiger partial charge >= 0.3 is 0 Å². The van der Waals surface area contributed by atoms with Crippen molar-refractivity contribution in [2.45, 2.75) is 12.5 Å². The molecule has 6 nitrogen and oxygen atoms in total. The Labute approximate surface area is 187 Å². The summed E-state index contributed by atoms with van der Waals surface area (Å²) in [5.41, 5.74) is 0.934. The van der Waals surface area contributed by atoms with E-state index in [1.807, 2.05) is 19.0 Å². The average molecular weight is 438 g/mol. The molecule has 0 radical (unpaired) electrons. The van der Waals surface area contributed by atoms with Crippen LogP contribution in [0.4, 0.5) is 4.39 Å². The van der Waals surface area contributed by atoms with Crippen LogP contribution in [-0.4, -0.2) is 60.4 Å². The highest BCUT2D eigenvalue weighted by Gasteiger charge is 2.45. The first-order chi connectivity index (χ1) is 15.3. The van der Waals surface area contributed by atoms with E-state index in [4.69, 9.17) is 4.74 Å². The van der Waals surface area contributed by atoms with E-state index >= 15 is 0 Å². The summed E-state index contributed by atoms with van der Waals surface area (Å²) in [6.07, 6.45) is 2.30. The number of likely N-dealkylation sites (tertiary alicyclic amines) is 1. The largest absolute Gasteiger partial charge is 0.507 e. The summed E-state index contributed by atoms with van der Waals surface area (Å²) in [7, 11) is 3.87. The molecule has 1 atom stereocenters. The van der Waals surface area contributed by atoms with Crippen molar-refractivity contribution in [3.05, 3.63) is 83.7 Å². The third kappa shape index (κ3) is 5.06. The van der Waals surface area contributed by atoms with Gasteiger partial charge in [0.1, 0.15) is 23.9 Å². The zero-order chi connectivity index (χ0) is 23.3. The Morgan fingerprint density at radius 1 is 1.16 bits per heavy atom. The lowest BCUT2D eigenvalue weighted by Crippen LogP contribution is -2.32. The van der Waals surface area contributed by atoms with E-state index in [0.717, 1.165) is 6.54 Å². The number of Topliss-reactive ketones (excluding diaryl/α,β-unsaturated/α-hetero) is 1. The minimum Gasteiger partial charge on any atom is -0.507 e. The number of aliphatic hydroxyl groups is 1. The smallest absolute Gasteiger partial charge is 0.295 e. The number of aliphatic hydroxyl groups excluding tert-OH is 1. The van der Waals surface area contributed by atoms with Crippen molar-refractivity contribution in [2.24, 2.45) is 0 Å². The first-order valence-electron chi connectivity index (χ1n) is 10.4. The molecule has 0 spiro atoms. The molecule has 0 aliphatic carbocycles. The van der Waals surface area contributed by atoms with Crippen molar-refractivity contribution in [2.75, 3.05) is 33.8 Å². The summed E-state index contributed by atoms with van der Waals surface area (Å²) in [5, 5.41) is 10.9. The number of halogens is 1. The summed E-state index contributed by atoms with van der Waals surface area (Å²) in [6, 6.07) is 11.4. The van der Waals surface area contributed by atoms with Crippen LogP contribution in [0.2, 0.25) is 0 Å². The molecule has 2 aromatic carbocycles. The van der Waals surface area contributed by atoms with Gasteiger partial charge in [0.2, 0.25) is 0 Å². The molecule has 0 aromatic heterocycles. The lowest BCUT2D eigenvalue weighted by molar-refractivity contribution is -0.139. The highest BCUT2D eigenvalue weighted by atomic mass is 19.1. The maximum absolute atomic E-state index is 13.4. The quantitative estimate of drug-likeness (QED) is 0.279. The number of benzene rings is 2. The second-order valence-electron chi connectivity index (χ2n) is 7.82. The normalized spacial score (nSPS) is 17.8. The average Bonchev–Trinajstić information content (AvgIpc) is 3.03. The minimum absolute atomic E-state index is 0.00813. The van der Waals surface area contributed by atoms with E-state index in [0.29, 0.717) is 30.9 Å². The second kappa shape index (κ2) is 10.2. The van der Waals surface area contributed by atoms with E-state index in [-0.39, 0.29) is 16.9 Å². The van der Waals surface area contributed by atoms with Crippen LogP contribution in [0, 0.1) is 5.82 Å². The Bertz CT molecular complexity index is 1010. The highest BCUT2D eigenvalue weighted by molar-refractivity contribution is 6.46. The molecule has 32 heavy (non-hydrogen) atoms. The lowest BCUT2D eigenvalue weighted by Gasteiger charge is -2.26. The Morgan fingerprint density at radius 2 is 1.81 bits per heavy atom. The second-order valence-corrected chi connectivity index (χ2v) is 7.82. The van der Waals surface area contributed by atoms with E-state index in [1.165, 1.54) is 29.2 Å². The van der Waals surface area contributed by atoms with Crippen LogP contribution >= 0.6 is 0 Å². The number of hydrogen-bond acceptors (Lipinski definition) is 5. The molecule has 1 aliphatic heterocycles. The predicted octanol–water partition coefficient (Wildman–Crippen LogP) is 3.76. The summed E-state index contributed by atoms with van der Waals surface area (Å²) in [6.45, 7) is 5.06. The summed E-state index contributed by atoms with van der Waals surface area (Å²) in [5.74, 6) is -1.58. The van der Waals surface area contributed by atoms with Crippen molar-refractivity contribution in [1.29, 1.82) is 0 Å². The fourth-order valence-electron chi connectivity index (χ4n) is 3.68. The van der Waals surface area contributed by atoms with Crippen LogP contribution < -0.4 is 4.74 Å². The SMILES string of the molecule is C=CCOc1ccc([C@H]2/C(=C(\O)c3ccc(F)cc3)C(=O)C(=O)N2CCCN(C)C)cc1. The van der Waals surface area contributed by atoms with Gasteiger partial charge in [-0.15, -0.1) is 0 Å². The zero-order valence-corrected chi connectivity index (χ0v) is 18.3. The van der Waals surface area contributed by atoms with Gasteiger partial charge in [-0.1, -0.05) is 24.8 Å². The maximum Gasteiger partial charge on any atom is 0.295 e. The predicted molar refractivity (Wildman–Crippen MR) is 121 cm³/mol. The van der Waals surface area contributed by atoms with E-state index in [1.54, 1.807) is 30.3 Å². The van der Waals surface area contributed by atoms with Crippen molar-refractivity contribution in [1.82, 2.24) is 9.80 Å². The Morgan fingerprint density at radius 3 is 2.41 bits per heavy atom. The molecule has 1 saturated heterocycles. The number of amides is 1. The number of nitrogens with zero attached hydrogens (tertiary/aromatic N) is 2. The van der Waals surface area contributed by atoms with Crippen LogP contribution in [0.3, 0.4) is 0 Å². The summed E-state index contributed by atoms with van der Waals surface area (Å²) >= 11 is 0. The van der Waals surface area contributed by atoms with E-state index in [2.05, 4.69) is 6.58 Å². The molecule has 1 heterocycles. The van der Waals surface area contributed by atoms with E-state index < -0.39 is 23.5 Å². The van der Waals surface area contributed by atoms with Gasteiger partial charge in [-0.2, -0.15) is 0 Å². The fourth-order valence-corrected chi connectivity index (χ4v) is 3.68. The lowest BCUT2D eigenvalue weighted by atomic mass is 9.95. The molecular formula is C25H27FN2O4. The zero-order valence-electron chi connectivity index (χ0n) is 18.3. The molecule has 168 valence electrons. The summed E-state index contributed by atoms with van der Waals surface area (Å²) < 4.78 is 18.9. The highest BCUT2D eigenvalue weighted by Crippen LogP contribution is 2.39. The Balaban J connectivity index is 2.04. The topological polar surface area (TPSA) is 70.1 Å². The summed E-state index contributed by atoms with van der Waals surface area (Å²) in [4.78, 5) is 29.3. The Hall–Kier alpha value is -3.45. The number of ketones is 1.